The molecule has 1 aliphatic heterocycles. The topological polar surface area (TPSA) is 43.8 Å². The molecule has 1 heterocycles. The molecule has 0 radical (unpaired) electrons. The van der Waals surface area contributed by atoms with E-state index in [-0.39, 0.29) is 12.0 Å². The summed E-state index contributed by atoms with van der Waals surface area (Å²) in [5.41, 5.74) is 0. The van der Waals surface area contributed by atoms with Crippen molar-refractivity contribution in [3.05, 3.63) is 0 Å². The maximum Gasteiger partial charge on any atom is 0.309 e. The van der Waals surface area contributed by atoms with E-state index in [1.165, 1.54) is 0 Å². The Hall–Kier alpha value is -0.610. The van der Waals surface area contributed by atoms with Crippen molar-refractivity contribution >= 4 is 5.97 Å². The minimum absolute atomic E-state index is 0.165. The van der Waals surface area contributed by atoms with Crippen molar-refractivity contribution in [1.82, 2.24) is 9.80 Å². The van der Waals surface area contributed by atoms with Gasteiger partial charge in [0.1, 0.15) is 0 Å². The van der Waals surface area contributed by atoms with Gasteiger partial charge in [0, 0.05) is 18.6 Å². The summed E-state index contributed by atoms with van der Waals surface area (Å²) in [5.74, 6) is -0.936. The molecule has 3 atom stereocenters. The molecule has 0 aliphatic carbocycles. The molecular formula is C10H20N2O2. The average molecular weight is 200 g/mol. The lowest BCUT2D eigenvalue weighted by atomic mass is 9.88. The zero-order valence-corrected chi connectivity index (χ0v) is 9.40. The Morgan fingerprint density at radius 2 is 2.07 bits per heavy atom. The van der Waals surface area contributed by atoms with Crippen LogP contribution in [0.25, 0.3) is 0 Å². The summed E-state index contributed by atoms with van der Waals surface area (Å²) in [6.07, 6.45) is 0.931. The molecule has 82 valence electrons. The van der Waals surface area contributed by atoms with Crippen molar-refractivity contribution in [2.45, 2.75) is 25.4 Å². The number of hydrogen-bond acceptors (Lipinski definition) is 3. The van der Waals surface area contributed by atoms with Crippen LogP contribution in [0.15, 0.2) is 0 Å². The highest BCUT2D eigenvalue weighted by Gasteiger charge is 2.37. The van der Waals surface area contributed by atoms with Gasteiger partial charge in [0.15, 0.2) is 0 Å². The fourth-order valence-corrected chi connectivity index (χ4v) is 2.12. The Morgan fingerprint density at radius 3 is 2.50 bits per heavy atom. The van der Waals surface area contributed by atoms with Crippen LogP contribution in [0.3, 0.4) is 0 Å². The Bertz CT molecular complexity index is 218. The van der Waals surface area contributed by atoms with Crippen LogP contribution in [0.4, 0.5) is 0 Å². The van der Waals surface area contributed by atoms with Gasteiger partial charge in [-0.1, -0.05) is 0 Å². The molecule has 0 aromatic rings. The summed E-state index contributed by atoms with van der Waals surface area (Å²) in [7, 11) is 5.91. The van der Waals surface area contributed by atoms with Gasteiger partial charge < -0.3 is 14.9 Å². The van der Waals surface area contributed by atoms with Gasteiger partial charge in [-0.3, -0.25) is 4.79 Å². The molecule has 1 fully saturated rings. The Kier molecular flexibility index (Phi) is 3.50. The normalized spacial score (nSPS) is 34.8. The third kappa shape index (κ3) is 2.25. The molecule has 0 aromatic carbocycles. The first-order valence-electron chi connectivity index (χ1n) is 5.03. The van der Waals surface area contributed by atoms with Crippen molar-refractivity contribution in [2.75, 3.05) is 27.7 Å². The maximum atomic E-state index is 11.1. The van der Waals surface area contributed by atoms with Crippen molar-refractivity contribution in [3.8, 4) is 0 Å². The van der Waals surface area contributed by atoms with E-state index < -0.39 is 5.97 Å². The van der Waals surface area contributed by atoms with E-state index in [0.717, 1.165) is 6.42 Å². The van der Waals surface area contributed by atoms with Gasteiger partial charge in [-0.2, -0.15) is 0 Å². The molecule has 0 amide bonds. The van der Waals surface area contributed by atoms with Crippen LogP contribution in [-0.2, 0) is 4.79 Å². The molecule has 1 saturated heterocycles. The number of likely N-dealkylation sites (tertiary alicyclic amines) is 1. The lowest BCUT2D eigenvalue weighted by Gasteiger charge is -2.41. The molecule has 3 unspecified atom stereocenters. The fraction of sp³-hybridized carbons (Fsp3) is 0.900. The van der Waals surface area contributed by atoms with E-state index in [0.29, 0.717) is 12.6 Å². The molecule has 1 aliphatic rings. The molecule has 4 heteroatoms. The van der Waals surface area contributed by atoms with Gasteiger partial charge in [0.2, 0.25) is 0 Å². The molecule has 4 nitrogen and oxygen atoms in total. The van der Waals surface area contributed by atoms with Crippen molar-refractivity contribution < 1.29 is 9.90 Å². The summed E-state index contributed by atoms with van der Waals surface area (Å²) in [6.45, 7) is 2.80. The van der Waals surface area contributed by atoms with Crippen LogP contribution in [0, 0.1) is 5.92 Å². The van der Waals surface area contributed by atoms with Gasteiger partial charge in [-0.25, -0.2) is 0 Å². The predicted octanol–water partition coefficient (Wildman–Crippen LogP) is 0.341. The lowest BCUT2D eigenvalue weighted by molar-refractivity contribution is -0.146. The average Bonchev–Trinajstić information content (AvgIpc) is 2.08. The molecule has 0 spiro atoms. The van der Waals surface area contributed by atoms with Gasteiger partial charge in [-0.05, 0) is 34.5 Å². The number of carboxylic acid groups (broad SMARTS) is 1. The molecule has 1 N–H and O–H groups in total. The van der Waals surface area contributed by atoms with Crippen LogP contribution in [0.5, 0.6) is 0 Å². The molecule has 1 rings (SSSR count). The van der Waals surface area contributed by atoms with E-state index in [1.54, 1.807) is 0 Å². The Balaban J connectivity index is 2.75. The van der Waals surface area contributed by atoms with Crippen molar-refractivity contribution in [3.63, 3.8) is 0 Å². The van der Waals surface area contributed by atoms with Crippen LogP contribution in [0.1, 0.15) is 13.3 Å². The predicted molar refractivity (Wildman–Crippen MR) is 55.3 cm³/mol. The quantitative estimate of drug-likeness (QED) is 0.698. The first kappa shape index (κ1) is 11.5. The van der Waals surface area contributed by atoms with Gasteiger partial charge in [0.25, 0.3) is 0 Å². The number of piperidine rings is 1. The van der Waals surface area contributed by atoms with Crippen LogP contribution in [0.2, 0.25) is 0 Å². The summed E-state index contributed by atoms with van der Waals surface area (Å²) in [6, 6.07) is 0.636. The second-order valence-electron chi connectivity index (χ2n) is 4.50. The zero-order chi connectivity index (χ0) is 10.9. The Morgan fingerprint density at radius 1 is 1.50 bits per heavy atom. The monoisotopic (exact) mass is 200 g/mol. The fourth-order valence-electron chi connectivity index (χ4n) is 2.12. The standard InChI is InChI=1S/C10H20N2O2/c1-7-5-9(11(2)3)8(10(13)14)6-12(7)4/h7-9H,5-6H2,1-4H3,(H,13,14). The number of rotatable bonds is 2. The zero-order valence-electron chi connectivity index (χ0n) is 9.40. The second-order valence-corrected chi connectivity index (χ2v) is 4.50. The lowest BCUT2D eigenvalue weighted by Crippen LogP contribution is -2.53. The smallest absolute Gasteiger partial charge is 0.309 e. The highest BCUT2D eigenvalue weighted by molar-refractivity contribution is 5.71. The van der Waals surface area contributed by atoms with Crippen LogP contribution < -0.4 is 0 Å². The summed E-state index contributed by atoms with van der Waals surface area (Å²) < 4.78 is 0. The first-order valence-corrected chi connectivity index (χ1v) is 5.03. The highest BCUT2D eigenvalue weighted by Crippen LogP contribution is 2.24. The minimum Gasteiger partial charge on any atom is -0.481 e. The molecule has 14 heavy (non-hydrogen) atoms. The molecular weight excluding hydrogens is 180 g/mol. The summed E-state index contributed by atoms with van der Waals surface area (Å²) in [4.78, 5) is 15.2. The minimum atomic E-state index is -0.678. The van der Waals surface area contributed by atoms with Gasteiger partial charge in [-0.15, -0.1) is 0 Å². The third-order valence-corrected chi connectivity index (χ3v) is 3.26. The SMILES string of the molecule is CC1CC(N(C)C)C(C(=O)O)CN1C. The van der Waals surface area contributed by atoms with Gasteiger partial charge >= 0.3 is 5.97 Å². The number of carboxylic acids is 1. The van der Waals surface area contributed by atoms with Crippen molar-refractivity contribution in [2.24, 2.45) is 5.92 Å². The molecule has 0 bridgehead atoms. The maximum absolute atomic E-state index is 11.1. The highest BCUT2D eigenvalue weighted by atomic mass is 16.4. The summed E-state index contributed by atoms with van der Waals surface area (Å²) in [5, 5.41) is 9.11. The number of aliphatic carboxylic acids is 1. The molecule has 0 saturated carbocycles. The van der Waals surface area contributed by atoms with Crippen LogP contribution in [-0.4, -0.2) is 60.6 Å². The third-order valence-electron chi connectivity index (χ3n) is 3.26. The Labute approximate surface area is 85.5 Å². The van der Waals surface area contributed by atoms with E-state index in [2.05, 4.69) is 11.8 Å². The van der Waals surface area contributed by atoms with E-state index in [1.807, 2.05) is 26.0 Å². The molecule has 0 aromatic heterocycles. The van der Waals surface area contributed by atoms with Crippen LogP contribution >= 0.6 is 0 Å². The first-order chi connectivity index (χ1) is 6.43. The van der Waals surface area contributed by atoms with Crippen molar-refractivity contribution in [1.29, 1.82) is 0 Å². The summed E-state index contributed by atoms with van der Waals surface area (Å²) >= 11 is 0. The number of carbonyl (C=O) groups is 1. The van der Waals surface area contributed by atoms with E-state index in [4.69, 9.17) is 5.11 Å². The number of hydrogen-bond donors (Lipinski definition) is 1. The van der Waals surface area contributed by atoms with E-state index in [9.17, 15) is 4.79 Å². The largest absolute Gasteiger partial charge is 0.481 e. The van der Waals surface area contributed by atoms with E-state index >= 15 is 0 Å². The number of nitrogens with zero attached hydrogens (tertiary/aromatic N) is 2. The van der Waals surface area contributed by atoms with Gasteiger partial charge in [0.05, 0.1) is 5.92 Å². The second kappa shape index (κ2) is 4.28.